The Morgan fingerprint density at radius 1 is 1.15 bits per heavy atom. The van der Waals surface area contributed by atoms with E-state index in [0.717, 1.165) is 31.2 Å². The Labute approximate surface area is 127 Å². The standard InChI is InChI=1S/C17H24ClNO/c18-12-15-6-2-1-5-10-19(15)13-14-9-11-20-17-8-4-3-7-16(14)17/h3-4,7-8,14-15H,1-2,5-6,9-13H2. The van der Waals surface area contributed by atoms with Crippen molar-refractivity contribution >= 4 is 11.6 Å². The van der Waals surface area contributed by atoms with Crippen molar-refractivity contribution in [1.29, 1.82) is 0 Å². The molecule has 20 heavy (non-hydrogen) atoms. The lowest BCUT2D eigenvalue weighted by Crippen LogP contribution is -2.40. The predicted octanol–water partition coefficient (Wildman–Crippen LogP) is 4.04. The largest absolute Gasteiger partial charge is 0.493 e. The van der Waals surface area contributed by atoms with Crippen LogP contribution < -0.4 is 4.74 Å². The van der Waals surface area contributed by atoms with Gasteiger partial charge in [-0.25, -0.2) is 0 Å². The van der Waals surface area contributed by atoms with Crippen molar-refractivity contribution in [1.82, 2.24) is 4.90 Å². The molecule has 3 rings (SSSR count). The van der Waals surface area contributed by atoms with Gasteiger partial charge in [-0.15, -0.1) is 11.6 Å². The maximum Gasteiger partial charge on any atom is 0.122 e. The lowest BCUT2D eigenvalue weighted by atomic mass is 9.92. The van der Waals surface area contributed by atoms with Gasteiger partial charge in [0.25, 0.3) is 0 Å². The van der Waals surface area contributed by atoms with Crippen LogP contribution >= 0.6 is 11.6 Å². The van der Waals surface area contributed by atoms with Crippen LogP contribution in [-0.4, -0.2) is 36.5 Å². The molecule has 0 bridgehead atoms. The molecule has 1 aromatic rings. The number of para-hydroxylation sites is 1. The molecule has 1 fully saturated rings. The molecule has 0 N–H and O–H groups in total. The topological polar surface area (TPSA) is 12.5 Å². The van der Waals surface area contributed by atoms with Crippen LogP contribution in [0.4, 0.5) is 0 Å². The number of halogens is 1. The highest BCUT2D eigenvalue weighted by atomic mass is 35.5. The minimum atomic E-state index is 0.564. The van der Waals surface area contributed by atoms with E-state index in [1.54, 1.807) is 0 Å². The van der Waals surface area contributed by atoms with Crippen LogP contribution in [0.1, 0.15) is 43.6 Å². The zero-order valence-corrected chi connectivity index (χ0v) is 12.8. The molecule has 2 aliphatic rings. The van der Waals surface area contributed by atoms with Crippen molar-refractivity contribution in [3.63, 3.8) is 0 Å². The maximum atomic E-state index is 6.20. The molecule has 110 valence electrons. The second-order valence-electron chi connectivity index (χ2n) is 6.02. The first-order valence-electron chi connectivity index (χ1n) is 7.90. The van der Waals surface area contributed by atoms with Crippen LogP contribution in [0.3, 0.4) is 0 Å². The van der Waals surface area contributed by atoms with Crippen LogP contribution in [0.2, 0.25) is 0 Å². The third-order valence-electron chi connectivity index (χ3n) is 4.71. The number of hydrogen-bond donors (Lipinski definition) is 0. The summed E-state index contributed by atoms with van der Waals surface area (Å²) in [5, 5.41) is 0. The van der Waals surface area contributed by atoms with E-state index in [4.69, 9.17) is 16.3 Å². The molecule has 0 aromatic heterocycles. The molecular weight excluding hydrogens is 270 g/mol. The summed E-state index contributed by atoms with van der Waals surface area (Å²) < 4.78 is 5.78. The normalized spacial score (nSPS) is 27.4. The van der Waals surface area contributed by atoms with Gasteiger partial charge in [-0.05, 0) is 37.4 Å². The molecule has 1 aromatic carbocycles. The summed E-state index contributed by atoms with van der Waals surface area (Å²) in [7, 11) is 0. The van der Waals surface area contributed by atoms with Gasteiger partial charge in [0.2, 0.25) is 0 Å². The average Bonchev–Trinajstić information content (AvgIpc) is 2.72. The van der Waals surface area contributed by atoms with Crippen molar-refractivity contribution < 1.29 is 4.74 Å². The number of rotatable bonds is 3. The summed E-state index contributed by atoms with van der Waals surface area (Å²) in [4.78, 5) is 2.63. The molecule has 0 amide bonds. The number of alkyl halides is 1. The fraction of sp³-hybridized carbons (Fsp3) is 0.647. The number of nitrogens with zero attached hydrogens (tertiary/aromatic N) is 1. The fourth-order valence-electron chi connectivity index (χ4n) is 3.54. The average molecular weight is 294 g/mol. The highest BCUT2D eigenvalue weighted by Crippen LogP contribution is 2.34. The van der Waals surface area contributed by atoms with E-state index >= 15 is 0 Å². The zero-order valence-electron chi connectivity index (χ0n) is 12.1. The lowest BCUT2D eigenvalue weighted by Gasteiger charge is -2.34. The summed E-state index contributed by atoms with van der Waals surface area (Å²) in [5.41, 5.74) is 1.39. The third kappa shape index (κ3) is 3.12. The summed E-state index contributed by atoms with van der Waals surface area (Å²) in [6, 6.07) is 9.08. The number of likely N-dealkylation sites (tertiary alicyclic amines) is 1. The Balaban J connectivity index is 1.73. The van der Waals surface area contributed by atoms with Gasteiger partial charge >= 0.3 is 0 Å². The quantitative estimate of drug-likeness (QED) is 0.780. The summed E-state index contributed by atoms with van der Waals surface area (Å²) in [5.74, 6) is 2.45. The SMILES string of the molecule is ClCC1CCCCCN1CC1CCOc2ccccc21. The number of hydrogen-bond acceptors (Lipinski definition) is 2. The van der Waals surface area contributed by atoms with E-state index in [1.807, 2.05) is 0 Å². The summed E-state index contributed by atoms with van der Waals surface area (Å²) >= 11 is 6.20. The zero-order chi connectivity index (χ0) is 13.8. The first-order chi connectivity index (χ1) is 9.88. The first-order valence-corrected chi connectivity index (χ1v) is 8.43. The van der Waals surface area contributed by atoms with E-state index in [9.17, 15) is 0 Å². The molecular formula is C17H24ClNO. The molecule has 2 atom stereocenters. The van der Waals surface area contributed by atoms with Gasteiger partial charge in [0, 0.05) is 24.4 Å². The minimum absolute atomic E-state index is 0.564. The van der Waals surface area contributed by atoms with Gasteiger partial charge in [-0.3, -0.25) is 4.90 Å². The van der Waals surface area contributed by atoms with Crippen molar-refractivity contribution in [2.24, 2.45) is 0 Å². The van der Waals surface area contributed by atoms with Crippen LogP contribution in [-0.2, 0) is 0 Å². The second-order valence-corrected chi connectivity index (χ2v) is 6.33. The van der Waals surface area contributed by atoms with Crippen molar-refractivity contribution in [2.75, 3.05) is 25.6 Å². The van der Waals surface area contributed by atoms with Crippen LogP contribution in [0.5, 0.6) is 5.75 Å². The van der Waals surface area contributed by atoms with Crippen LogP contribution in [0.25, 0.3) is 0 Å². The first kappa shape index (κ1) is 14.2. The minimum Gasteiger partial charge on any atom is -0.493 e. The Morgan fingerprint density at radius 3 is 2.95 bits per heavy atom. The number of ether oxygens (including phenoxy) is 1. The molecule has 2 nitrogen and oxygen atoms in total. The molecule has 1 saturated heterocycles. The van der Waals surface area contributed by atoms with Gasteiger partial charge in [0.15, 0.2) is 0 Å². The summed E-state index contributed by atoms with van der Waals surface area (Å²) in [6.07, 6.45) is 6.39. The molecule has 0 spiro atoms. The Morgan fingerprint density at radius 2 is 2.05 bits per heavy atom. The van der Waals surface area contributed by atoms with Gasteiger partial charge in [-0.1, -0.05) is 31.0 Å². The Hall–Kier alpha value is -0.730. The Kier molecular flexibility index (Phi) is 4.85. The third-order valence-corrected chi connectivity index (χ3v) is 5.07. The molecule has 2 heterocycles. The van der Waals surface area contributed by atoms with E-state index < -0.39 is 0 Å². The second kappa shape index (κ2) is 6.82. The molecule has 0 aliphatic carbocycles. The Bertz CT molecular complexity index is 437. The van der Waals surface area contributed by atoms with Crippen molar-refractivity contribution in [3.05, 3.63) is 29.8 Å². The predicted molar refractivity (Wildman–Crippen MR) is 83.8 cm³/mol. The maximum absolute atomic E-state index is 6.20. The van der Waals surface area contributed by atoms with E-state index in [2.05, 4.69) is 29.2 Å². The lowest BCUT2D eigenvalue weighted by molar-refractivity contribution is 0.177. The van der Waals surface area contributed by atoms with Gasteiger partial charge in [-0.2, -0.15) is 0 Å². The number of benzene rings is 1. The van der Waals surface area contributed by atoms with Gasteiger partial charge < -0.3 is 4.74 Å². The molecule has 2 aliphatic heterocycles. The van der Waals surface area contributed by atoms with Crippen LogP contribution in [0, 0.1) is 0 Å². The number of fused-ring (bicyclic) bond motifs is 1. The van der Waals surface area contributed by atoms with E-state index in [0.29, 0.717) is 12.0 Å². The molecule has 0 saturated carbocycles. The highest BCUT2D eigenvalue weighted by molar-refractivity contribution is 6.18. The molecule has 3 heteroatoms. The van der Waals surface area contributed by atoms with Gasteiger partial charge in [0.05, 0.1) is 6.61 Å². The van der Waals surface area contributed by atoms with E-state index in [1.165, 1.54) is 37.8 Å². The van der Waals surface area contributed by atoms with Gasteiger partial charge in [0.1, 0.15) is 5.75 Å². The smallest absolute Gasteiger partial charge is 0.122 e. The monoisotopic (exact) mass is 293 g/mol. The molecule has 2 unspecified atom stereocenters. The van der Waals surface area contributed by atoms with Crippen molar-refractivity contribution in [3.8, 4) is 5.75 Å². The van der Waals surface area contributed by atoms with Crippen LogP contribution in [0.15, 0.2) is 24.3 Å². The fourth-order valence-corrected chi connectivity index (χ4v) is 3.89. The molecule has 0 radical (unpaired) electrons. The van der Waals surface area contributed by atoms with E-state index in [-0.39, 0.29) is 0 Å². The van der Waals surface area contributed by atoms with Crippen molar-refractivity contribution in [2.45, 2.75) is 44.1 Å². The summed E-state index contributed by atoms with van der Waals surface area (Å²) in [6.45, 7) is 3.19. The highest BCUT2D eigenvalue weighted by Gasteiger charge is 2.27.